The molecular formula is C28H27NO3S. The average Bonchev–Trinajstić information content (AvgIpc) is 3.28. The molecule has 0 bridgehead atoms. The van der Waals surface area contributed by atoms with Gasteiger partial charge in [-0.2, -0.15) is 0 Å². The van der Waals surface area contributed by atoms with Crippen LogP contribution in [-0.2, 0) is 11.4 Å². The van der Waals surface area contributed by atoms with E-state index in [0.717, 1.165) is 30.7 Å². The number of benzene rings is 3. The molecule has 5 heteroatoms. The van der Waals surface area contributed by atoms with E-state index in [1.54, 1.807) is 11.3 Å². The van der Waals surface area contributed by atoms with Crippen molar-refractivity contribution in [1.29, 1.82) is 0 Å². The predicted molar refractivity (Wildman–Crippen MR) is 133 cm³/mol. The summed E-state index contributed by atoms with van der Waals surface area (Å²) in [5, 5.41) is 10.9. The molecular weight excluding hydrogens is 430 g/mol. The van der Waals surface area contributed by atoms with Gasteiger partial charge in [0, 0.05) is 16.1 Å². The summed E-state index contributed by atoms with van der Waals surface area (Å²) < 4.78 is 7.24. The van der Waals surface area contributed by atoms with Crippen LogP contribution in [0.2, 0.25) is 0 Å². The van der Waals surface area contributed by atoms with Crippen LogP contribution in [0.5, 0.6) is 5.75 Å². The zero-order valence-electron chi connectivity index (χ0n) is 18.4. The molecule has 1 N–H and O–H groups in total. The summed E-state index contributed by atoms with van der Waals surface area (Å²) in [7, 11) is 0. The number of aliphatic carboxylic acids is 1. The number of hydrogen-bond donors (Lipinski definition) is 1. The molecule has 2 unspecified atom stereocenters. The third-order valence-corrected chi connectivity index (χ3v) is 7.49. The number of rotatable bonds is 7. The number of thiophene rings is 1. The number of fused-ring (bicyclic) bond motifs is 1. The number of piperidine rings is 1. The van der Waals surface area contributed by atoms with Gasteiger partial charge in [0.1, 0.15) is 12.4 Å². The van der Waals surface area contributed by atoms with Crippen molar-refractivity contribution in [3.8, 4) is 5.75 Å². The first-order chi connectivity index (χ1) is 16.2. The highest BCUT2D eigenvalue weighted by atomic mass is 32.1. The first-order valence-electron chi connectivity index (χ1n) is 11.4. The van der Waals surface area contributed by atoms with E-state index in [1.165, 1.54) is 20.5 Å². The highest BCUT2D eigenvalue weighted by molar-refractivity contribution is 7.19. The minimum absolute atomic E-state index is 0.0349. The Bertz CT molecular complexity index is 1190. The Hall–Kier alpha value is -3.15. The van der Waals surface area contributed by atoms with Crippen LogP contribution in [0.3, 0.4) is 0 Å². The second-order valence-electron chi connectivity index (χ2n) is 8.60. The summed E-state index contributed by atoms with van der Waals surface area (Å²) in [6, 6.07) is 29.2. The summed E-state index contributed by atoms with van der Waals surface area (Å²) in [4.78, 5) is 15.3. The van der Waals surface area contributed by atoms with Crippen molar-refractivity contribution >= 4 is 27.4 Å². The third-order valence-electron chi connectivity index (χ3n) is 6.33. The van der Waals surface area contributed by atoms with Gasteiger partial charge in [0.25, 0.3) is 0 Å². The molecule has 1 aromatic heterocycles. The highest BCUT2D eigenvalue weighted by Crippen LogP contribution is 2.39. The molecule has 168 valence electrons. The van der Waals surface area contributed by atoms with Crippen molar-refractivity contribution in [3.05, 3.63) is 101 Å². The lowest BCUT2D eigenvalue weighted by atomic mass is 9.94. The largest absolute Gasteiger partial charge is 0.489 e. The molecule has 0 amide bonds. The summed E-state index contributed by atoms with van der Waals surface area (Å²) >= 11 is 1.79. The van der Waals surface area contributed by atoms with Crippen molar-refractivity contribution in [2.24, 2.45) is 5.92 Å². The van der Waals surface area contributed by atoms with Crippen LogP contribution in [0.4, 0.5) is 0 Å². The van der Waals surface area contributed by atoms with Gasteiger partial charge in [-0.25, -0.2) is 0 Å². The lowest BCUT2D eigenvalue weighted by Gasteiger charge is -2.37. The standard InChI is InChI=1S/C28H27NO3S/c30-28(31)23-10-6-16-29(18-23)27(26-17-22-9-4-5-11-25(22)33-26)21-12-14-24(15-13-21)32-19-20-7-2-1-3-8-20/h1-5,7-9,11-15,17,23,27H,6,10,16,18-19H2,(H,30,31). The van der Waals surface area contributed by atoms with Crippen molar-refractivity contribution in [3.63, 3.8) is 0 Å². The molecule has 0 aliphatic carbocycles. The Morgan fingerprint density at radius 3 is 2.55 bits per heavy atom. The van der Waals surface area contributed by atoms with Gasteiger partial charge in [0.2, 0.25) is 0 Å². The molecule has 0 spiro atoms. The van der Waals surface area contributed by atoms with E-state index in [9.17, 15) is 9.90 Å². The number of carbonyl (C=O) groups is 1. The van der Waals surface area contributed by atoms with Crippen molar-refractivity contribution in [2.75, 3.05) is 13.1 Å². The maximum atomic E-state index is 11.7. The number of carboxylic acids is 1. The molecule has 1 saturated heterocycles. The summed E-state index contributed by atoms with van der Waals surface area (Å²) in [6.07, 6.45) is 1.65. The molecule has 4 nitrogen and oxygen atoms in total. The lowest BCUT2D eigenvalue weighted by Crippen LogP contribution is -2.41. The second-order valence-corrected chi connectivity index (χ2v) is 9.72. The maximum Gasteiger partial charge on any atom is 0.307 e. The monoisotopic (exact) mass is 457 g/mol. The molecule has 5 rings (SSSR count). The van der Waals surface area contributed by atoms with Crippen LogP contribution in [0.15, 0.2) is 84.9 Å². The van der Waals surface area contributed by atoms with E-state index in [1.807, 2.05) is 30.3 Å². The average molecular weight is 458 g/mol. The minimum atomic E-state index is -0.695. The molecule has 1 fully saturated rings. The summed E-state index contributed by atoms with van der Waals surface area (Å²) in [6.45, 7) is 2.00. The Morgan fingerprint density at radius 1 is 1.03 bits per heavy atom. The van der Waals surface area contributed by atoms with E-state index in [2.05, 4.69) is 59.5 Å². The smallest absolute Gasteiger partial charge is 0.307 e. The van der Waals surface area contributed by atoms with E-state index < -0.39 is 5.97 Å². The number of hydrogen-bond acceptors (Lipinski definition) is 4. The second kappa shape index (κ2) is 9.77. The quantitative estimate of drug-likeness (QED) is 0.350. The Morgan fingerprint density at radius 2 is 1.79 bits per heavy atom. The van der Waals surface area contributed by atoms with Crippen LogP contribution < -0.4 is 4.74 Å². The molecule has 0 radical (unpaired) electrons. The van der Waals surface area contributed by atoms with Gasteiger partial charge in [-0.3, -0.25) is 9.69 Å². The molecule has 4 aromatic rings. The Labute approximate surface area is 198 Å². The van der Waals surface area contributed by atoms with Gasteiger partial charge in [-0.1, -0.05) is 60.7 Å². The number of nitrogens with zero attached hydrogens (tertiary/aromatic N) is 1. The first kappa shape index (κ1) is 21.7. The van der Waals surface area contributed by atoms with Crippen LogP contribution in [-0.4, -0.2) is 29.1 Å². The van der Waals surface area contributed by atoms with Gasteiger partial charge in [-0.05, 0) is 60.2 Å². The molecule has 2 atom stereocenters. The van der Waals surface area contributed by atoms with Crippen molar-refractivity contribution < 1.29 is 14.6 Å². The topological polar surface area (TPSA) is 49.8 Å². The first-order valence-corrected chi connectivity index (χ1v) is 12.2. The molecule has 0 saturated carbocycles. The predicted octanol–water partition coefficient (Wildman–Crippen LogP) is 6.37. The number of likely N-dealkylation sites (tertiary alicyclic amines) is 1. The van der Waals surface area contributed by atoms with Gasteiger partial charge in [-0.15, -0.1) is 11.3 Å². The normalized spacial score (nSPS) is 17.6. The molecule has 1 aliphatic rings. The van der Waals surface area contributed by atoms with Crippen LogP contribution in [0.25, 0.3) is 10.1 Å². The lowest BCUT2D eigenvalue weighted by molar-refractivity contribution is -0.143. The van der Waals surface area contributed by atoms with E-state index in [4.69, 9.17) is 4.74 Å². The van der Waals surface area contributed by atoms with E-state index >= 15 is 0 Å². The van der Waals surface area contributed by atoms with Gasteiger partial charge in [0.15, 0.2) is 0 Å². The molecule has 3 aromatic carbocycles. The fourth-order valence-electron chi connectivity index (χ4n) is 4.62. The van der Waals surface area contributed by atoms with Crippen molar-refractivity contribution in [1.82, 2.24) is 4.90 Å². The van der Waals surface area contributed by atoms with Gasteiger partial charge >= 0.3 is 5.97 Å². The van der Waals surface area contributed by atoms with Gasteiger partial charge in [0.05, 0.1) is 12.0 Å². The third kappa shape index (κ3) is 4.95. The highest BCUT2D eigenvalue weighted by Gasteiger charge is 2.32. The molecule has 1 aliphatic heterocycles. The molecule has 33 heavy (non-hydrogen) atoms. The SMILES string of the molecule is O=C(O)C1CCCN(C(c2ccc(OCc3ccccc3)cc2)c2cc3ccccc3s2)C1. The number of ether oxygens (including phenoxy) is 1. The minimum Gasteiger partial charge on any atom is -0.489 e. The van der Waals surface area contributed by atoms with Gasteiger partial charge < -0.3 is 9.84 Å². The zero-order chi connectivity index (χ0) is 22.6. The van der Waals surface area contributed by atoms with Crippen molar-refractivity contribution in [2.45, 2.75) is 25.5 Å². The fourth-order valence-corrected chi connectivity index (χ4v) is 5.85. The zero-order valence-corrected chi connectivity index (χ0v) is 19.2. The number of carboxylic acid groups (broad SMARTS) is 1. The van der Waals surface area contributed by atoms with Crippen LogP contribution in [0, 0.1) is 5.92 Å². The fraction of sp³-hybridized carbons (Fsp3) is 0.250. The Balaban J connectivity index is 1.43. The summed E-state index contributed by atoms with van der Waals surface area (Å²) in [5.74, 6) is -0.177. The van der Waals surface area contributed by atoms with Crippen LogP contribution >= 0.6 is 11.3 Å². The van der Waals surface area contributed by atoms with Crippen LogP contribution in [0.1, 0.15) is 34.9 Å². The Kier molecular flexibility index (Phi) is 6.42. The van der Waals surface area contributed by atoms with E-state index in [-0.39, 0.29) is 12.0 Å². The molecule has 2 heterocycles. The summed E-state index contributed by atoms with van der Waals surface area (Å²) in [5.41, 5.74) is 2.30. The van der Waals surface area contributed by atoms with E-state index in [0.29, 0.717) is 13.2 Å². The maximum absolute atomic E-state index is 11.7.